The molecule has 2 amide bonds. The van der Waals surface area contributed by atoms with Crippen molar-refractivity contribution >= 4 is 6.03 Å². The quantitative estimate of drug-likeness (QED) is 0.838. The summed E-state index contributed by atoms with van der Waals surface area (Å²) in [6.45, 7) is 0.730. The Bertz CT molecular complexity index is 545. The van der Waals surface area contributed by atoms with Gasteiger partial charge in [0.2, 0.25) is 0 Å². The van der Waals surface area contributed by atoms with E-state index >= 15 is 0 Å². The summed E-state index contributed by atoms with van der Waals surface area (Å²) in [6.07, 6.45) is 4.42. The molecule has 1 aliphatic carbocycles. The Hall–Kier alpha value is -1.82. The van der Waals surface area contributed by atoms with Crippen LogP contribution in [0.1, 0.15) is 31.2 Å². The first-order valence-corrected chi connectivity index (χ1v) is 8.49. The second kappa shape index (κ2) is 8.87. The maximum absolute atomic E-state index is 13.4. The summed E-state index contributed by atoms with van der Waals surface area (Å²) >= 11 is 0. The van der Waals surface area contributed by atoms with Gasteiger partial charge in [-0.1, -0.05) is 6.07 Å². The van der Waals surface area contributed by atoms with E-state index in [2.05, 4.69) is 5.32 Å². The third-order valence-electron chi connectivity index (χ3n) is 4.85. The summed E-state index contributed by atoms with van der Waals surface area (Å²) in [5.41, 5.74) is 0.916. The lowest BCUT2D eigenvalue weighted by atomic mass is 9.86. The van der Waals surface area contributed by atoms with E-state index in [0.29, 0.717) is 18.9 Å². The summed E-state index contributed by atoms with van der Waals surface area (Å²) in [6, 6.07) is 4.88. The first-order chi connectivity index (χ1) is 11.5. The number of amides is 2. The van der Waals surface area contributed by atoms with Crippen molar-refractivity contribution in [2.45, 2.75) is 38.1 Å². The van der Waals surface area contributed by atoms with Crippen molar-refractivity contribution in [2.75, 3.05) is 27.3 Å². The third-order valence-corrected chi connectivity index (χ3v) is 4.85. The predicted octanol–water partition coefficient (Wildman–Crippen LogP) is 2.57. The van der Waals surface area contributed by atoms with E-state index in [0.717, 1.165) is 31.2 Å². The molecule has 0 heterocycles. The fourth-order valence-corrected chi connectivity index (χ4v) is 3.18. The highest BCUT2D eigenvalue weighted by atomic mass is 19.1. The molecule has 0 unspecified atom stereocenters. The van der Waals surface area contributed by atoms with Gasteiger partial charge in [0.15, 0.2) is 11.6 Å². The monoisotopic (exact) mass is 338 g/mol. The van der Waals surface area contributed by atoms with Gasteiger partial charge >= 0.3 is 6.03 Å². The summed E-state index contributed by atoms with van der Waals surface area (Å²) in [7, 11) is 3.25. The van der Waals surface area contributed by atoms with Crippen LogP contribution >= 0.6 is 0 Å². The summed E-state index contributed by atoms with van der Waals surface area (Å²) in [5.74, 6) is 0.214. The number of aliphatic hydroxyl groups excluding tert-OH is 1. The topological polar surface area (TPSA) is 61.8 Å². The predicted molar refractivity (Wildman–Crippen MR) is 90.6 cm³/mol. The minimum absolute atomic E-state index is 0.0866. The summed E-state index contributed by atoms with van der Waals surface area (Å²) in [4.78, 5) is 14.0. The van der Waals surface area contributed by atoms with Crippen molar-refractivity contribution in [3.05, 3.63) is 29.6 Å². The second-order valence-corrected chi connectivity index (χ2v) is 6.42. The number of methoxy groups -OCH3 is 1. The van der Waals surface area contributed by atoms with Crippen LogP contribution in [0.15, 0.2) is 18.2 Å². The lowest BCUT2D eigenvalue weighted by Crippen LogP contribution is -2.45. The molecule has 0 bridgehead atoms. The van der Waals surface area contributed by atoms with Gasteiger partial charge in [-0.25, -0.2) is 9.18 Å². The zero-order valence-corrected chi connectivity index (χ0v) is 14.4. The number of nitrogens with zero attached hydrogens (tertiary/aromatic N) is 1. The number of hydrogen-bond acceptors (Lipinski definition) is 3. The van der Waals surface area contributed by atoms with Crippen LogP contribution in [0.2, 0.25) is 0 Å². The molecule has 0 aromatic heterocycles. The van der Waals surface area contributed by atoms with Gasteiger partial charge in [0.1, 0.15) is 0 Å². The minimum Gasteiger partial charge on any atom is -0.494 e. The Morgan fingerprint density at radius 1 is 1.38 bits per heavy atom. The van der Waals surface area contributed by atoms with Crippen LogP contribution in [0, 0.1) is 11.7 Å². The summed E-state index contributed by atoms with van der Waals surface area (Å²) in [5, 5.41) is 12.1. The second-order valence-electron chi connectivity index (χ2n) is 6.42. The third kappa shape index (κ3) is 4.84. The molecule has 2 N–H and O–H groups in total. The van der Waals surface area contributed by atoms with Crippen molar-refractivity contribution < 1.29 is 19.0 Å². The number of urea groups is 1. The van der Waals surface area contributed by atoms with Crippen LogP contribution in [0.25, 0.3) is 0 Å². The number of benzene rings is 1. The molecule has 1 saturated carbocycles. The highest BCUT2D eigenvalue weighted by molar-refractivity contribution is 5.74. The molecule has 6 heteroatoms. The van der Waals surface area contributed by atoms with E-state index in [1.54, 1.807) is 17.0 Å². The Kier molecular flexibility index (Phi) is 6.85. The molecule has 0 atom stereocenters. The van der Waals surface area contributed by atoms with E-state index in [4.69, 9.17) is 4.74 Å². The van der Waals surface area contributed by atoms with Crippen molar-refractivity contribution in [3.8, 4) is 5.75 Å². The van der Waals surface area contributed by atoms with Gasteiger partial charge in [-0.15, -0.1) is 0 Å². The highest BCUT2D eigenvalue weighted by Gasteiger charge is 2.25. The number of rotatable bonds is 6. The normalized spacial score (nSPS) is 20.5. The van der Waals surface area contributed by atoms with Gasteiger partial charge in [0.05, 0.1) is 7.11 Å². The molecule has 5 nitrogen and oxygen atoms in total. The number of carbonyl (C=O) groups is 1. The number of nitrogens with one attached hydrogen (secondary N) is 1. The van der Waals surface area contributed by atoms with Crippen LogP contribution in [0.5, 0.6) is 5.75 Å². The maximum Gasteiger partial charge on any atom is 0.317 e. The van der Waals surface area contributed by atoms with Crippen molar-refractivity contribution in [3.63, 3.8) is 0 Å². The number of aliphatic hydroxyl groups is 1. The molecule has 1 aromatic carbocycles. The largest absolute Gasteiger partial charge is 0.494 e. The summed E-state index contributed by atoms with van der Waals surface area (Å²) < 4.78 is 18.3. The lowest BCUT2D eigenvalue weighted by Gasteiger charge is -2.34. The zero-order chi connectivity index (χ0) is 17.5. The van der Waals surface area contributed by atoms with Crippen molar-refractivity contribution in [2.24, 2.45) is 5.92 Å². The van der Waals surface area contributed by atoms with Crippen LogP contribution in [-0.2, 0) is 6.42 Å². The van der Waals surface area contributed by atoms with Crippen LogP contribution in [0.3, 0.4) is 0 Å². The van der Waals surface area contributed by atoms with Gasteiger partial charge in [-0.3, -0.25) is 0 Å². The Balaban J connectivity index is 1.76. The van der Waals surface area contributed by atoms with Crippen LogP contribution < -0.4 is 10.1 Å². The lowest BCUT2D eigenvalue weighted by molar-refractivity contribution is 0.134. The van der Waals surface area contributed by atoms with Crippen molar-refractivity contribution in [1.82, 2.24) is 10.2 Å². The van der Waals surface area contributed by atoms with E-state index in [-0.39, 0.29) is 30.2 Å². The van der Waals surface area contributed by atoms with E-state index in [1.807, 2.05) is 7.05 Å². The van der Waals surface area contributed by atoms with Gasteiger partial charge in [-0.2, -0.15) is 0 Å². The molecule has 1 fully saturated rings. The van der Waals surface area contributed by atoms with E-state index in [9.17, 15) is 14.3 Å². The molecule has 24 heavy (non-hydrogen) atoms. The smallest absolute Gasteiger partial charge is 0.317 e. The number of carbonyl (C=O) groups excluding carboxylic acids is 1. The Morgan fingerprint density at radius 2 is 2.08 bits per heavy atom. The van der Waals surface area contributed by atoms with Gasteiger partial charge in [0.25, 0.3) is 0 Å². The molecule has 1 aromatic rings. The Morgan fingerprint density at radius 3 is 2.71 bits per heavy atom. The maximum atomic E-state index is 13.4. The van der Waals surface area contributed by atoms with Gasteiger partial charge in [-0.05, 0) is 55.7 Å². The number of ether oxygens (including phenoxy) is 1. The van der Waals surface area contributed by atoms with E-state index < -0.39 is 0 Å². The van der Waals surface area contributed by atoms with E-state index in [1.165, 1.54) is 13.2 Å². The van der Waals surface area contributed by atoms with Crippen LogP contribution in [-0.4, -0.2) is 49.4 Å². The standard InChI is InChI=1S/C18H27FN2O3/c1-21(15-6-3-14(12-22)4-7-15)18(23)20-10-9-13-5-8-16(19)17(11-13)24-2/h5,8,11,14-15,22H,3-4,6-7,9-10,12H2,1-2H3,(H,20,23). The molecular formula is C18H27FN2O3. The minimum atomic E-state index is -0.386. The van der Waals surface area contributed by atoms with Crippen molar-refractivity contribution in [1.29, 1.82) is 0 Å². The molecule has 2 rings (SSSR count). The van der Waals surface area contributed by atoms with Gasteiger partial charge < -0.3 is 20.1 Å². The molecule has 0 radical (unpaired) electrons. The number of hydrogen-bond donors (Lipinski definition) is 2. The highest BCUT2D eigenvalue weighted by Crippen LogP contribution is 2.26. The fourth-order valence-electron chi connectivity index (χ4n) is 3.18. The SMILES string of the molecule is COc1cc(CCNC(=O)N(C)C2CCC(CO)CC2)ccc1F. The average molecular weight is 338 g/mol. The van der Waals surface area contributed by atoms with Gasteiger partial charge in [0, 0.05) is 26.2 Å². The zero-order valence-electron chi connectivity index (χ0n) is 14.4. The fraction of sp³-hybridized carbons (Fsp3) is 0.611. The molecule has 1 aliphatic rings. The average Bonchev–Trinajstić information content (AvgIpc) is 2.62. The first-order valence-electron chi connectivity index (χ1n) is 8.49. The Labute approximate surface area is 142 Å². The molecule has 0 saturated heterocycles. The first kappa shape index (κ1) is 18.5. The molecular weight excluding hydrogens is 311 g/mol. The molecule has 134 valence electrons. The molecule has 0 spiro atoms. The molecule has 0 aliphatic heterocycles. The number of halogens is 1. The van der Waals surface area contributed by atoms with Crippen LogP contribution in [0.4, 0.5) is 9.18 Å².